The molecule has 0 unspecified atom stereocenters. The minimum atomic E-state index is -4.53. The molecule has 0 radical (unpaired) electrons. The number of nitrogens with one attached hydrogen (secondary N) is 2. The maximum Gasteiger partial charge on any atom is 0.445 e. The van der Waals surface area contributed by atoms with E-state index in [-0.39, 0.29) is 17.4 Å². The van der Waals surface area contributed by atoms with Crippen LogP contribution in [0.15, 0.2) is 0 Å². The topological polar surface area (TPSA) is 84.0 Å². The Morgan fingerprint density at radius 1 is 1.35 bits per heavy atom. The molecule has 0 aliphatic carbocycles. The van der Waals surface area contributed by atoms with E-state index in [4.69, 9.17) is 0 Å². The summed E-state index contributed by atoms with van der Waals surface area (Å²) in [7, 11) is -2.14. The Morgan fingerprint density at radius 2 is 2.00 bits per heavy atom. The van der Waals surface area contributed by atoms with Gasteiger partial charge in [0.1, 0.15) is 0 Å². The van der Waals surface area contributed by atoms with Crippen molar-refractivity contribution >= 4 is 26.5 Å². The van der Waals surface area contributed by atoms with Gasteiger partial charge in [0.05, 0.1) is 5.75 Å². The molecule has 17 heavy (non-hydrogen) atoms. The van der Waals surface area contributed by atoms with Crippen molar-refractivity contribution in [2.45, 2.75) is 6.18 Å². The third-order valence-electron chi connectivity index (χ3n) is 1.63. The van der Waals surface area contributed by atoms with Crippen molar-refractivity contribution in [2.24, 2.45) is 0 Å². The Bertz CT molecular complexity index is 470. The predicted octanol–water partition coefficient (Wildman–Crippen LogP) is 0.518. The number of alkyl halides is 3. The summed E-state index contributed by atoms with van der Waals surface area (Å²) in [5.74, 6) is -0.259. The summed E-state index contributed by atoms with van der Waals surface area (Å²) in [6.07, 6.45) is -4.53. The van der Waals surface area contributed by atoms with Gasteiger partial charge in [0.25, 0.3) is 0 Å². The molecule has 0 saturated carbocycles. The molecule has 1 aromatic rings. The van der Waals surface area contributed by atoms with Gasteiger partial charge >= 0.3 is 6.18 Å². The van der Waals surface area contributed by atoms with E-state index in [1.165, 1.54) is 7.05 Å². The molecular formula is C6H9F3N4O2S2. The Kier molecular flexibility index (Phi) is 4.27. The fraction of sp³-hybridized carbons (Fsp3) is 0.667. The highest BCUT2D eigenvalue weighted by molar-refractivity contribution is 7.89. The molecule has 0 fully saturated rings. The van der Waals surface area contributed by atoms with Crippen molar-refractivity contribution in [3.8, 4) is 0 Å². The van der Waals surface area contributed by atoms with Crippen LogP contribution >= 0.6 is 11.3 Å². The maximum absolute atomic E-state index is 12.1. The summed E-state index contributed by atoms with van der Waals surface area (Å²) in [4.78, 5) is 0. The zero-order valence-corrected chi connectivity index (χ0v) is 10.2. The van der Waals surface area contributed by atoms with Crippen molar-refractivity contribution in [1.82, 2.24) is 14.9 Å². The van der Waals surface area contributed by atoms with Crippen LogP contribution in [-0.4, -0.2) is 38.0 Å². The van der Waals surface area contributed by atoms with E-state index >= 15 is 0 Å². The molecule has 0 spiro atoms. The van der Waals surface area contributed by atoms with Gasteiger partial charge in [-0.15, -0.1) is 10.2 Å². The minimum Gasteiger partial charge on any atom is -0.359 e. The third kappa shape index (κ3) is 4.44. The molecule has 6 nitrogen and oxygen atoms in total. The van der Waals surface area contributed by atoms with Crippen LogP contribution in [0.2, 0.25) is 0 Å². The lowest BCUT2D eigenvalue weighted by atomic mass is 10.7. The van der Waals surface area contributed by atoms with Crippen molar-refractivity contribution < 1.29 is 21.6 Å². The van der Waals surface area contributed by atoms with E-state index in [0.717, 1.165) is 0 Å². The Labute approximate surface area is 99.3 Å². The number of halogens is 3. The number of nitrogens with zero attached hydrogens (tertiary/aromatic N) is 2. The Balaban J connectivity index is 2.52. The van der Waals surface area contributed by atoms with E-state index in [2.05, 4.69) is 20.2 Å². The second-order valence-electron chi connectivity index (χ2n) is 2.86. The number of rotatable bonds is 5. The summed E-state index contributed by atoms with van der Waals surface area (Å²) in [6, 6.07) is 0. The minimum absolute atomic E-state index is 0.0460. The second kappa shape index (κ2) is 5.14. The summed E-state index contributed by atoms with van der Waals surface area (Å²) < 4.78 is 60.5. The molecule has 0 amide bonds. The van der Waals surface area contributed by atoms with E-state index in [9.17, 15) is 21.6 Å². The SMILES string of the molecule is CNS(=O)(=O)CCNc1nnc(C(F)(F)F)s1. The third-order valence-corrected chi connectivity index (χ3v) is 3.91. The van der Waals surface area contributed by atoms with Crippen LogP contribution in [0.25, 0.3) is 0 Å². The quantitative estimate of drug-likeness (QED) is 0.826. The lowest BCUT2D eigenvalue weighted by Crippen LogP contribution is -2.26. The lowest BCUT2D eigenvalue weighted by molar-refractivity contribution is -0.138. The normalized spacial score (nSPS) is 12.7. The first kappa shape index (κ1) is 14.1. The summed E-state index contributed by atoms with van der Waals surface area (Å²) in [5.41, 5.74) is 0. The van der Waals surface area contributed by atoms with E-state index in [1.54, 1.807) is 0 Å². The molecule has 0 aliphatic heterocycles. The molecule has 0 bridgehead atoms. The van der Waals surface area contributed by atoms with Crippen molar-refractivity contribution in [3.63, 3.8) is 0 Å². The summed E-state index contributed by atoms with van der Waals surface area (Å²) in [6.45, 7) is -0.0460. The molecule has 98 valence electrons. The molecule has 0 aromatic carbocycles. The number of hydrogen-bond donors (Lipinski definition) is 2. The first-order chi connectivity index (χ1) is 7.74. The van der Waals surface area contributed by atoms with Gasteiger partial charge < -0.3 is 5.32 Å². The van der Waals surface area contributed by atoms with Crippen LogP contribution in [0.3, 0.4) is 0 Å². The van der Waals surface area contributed by atoms with Crippen LogP contribution in [0.5, 0.6) is 0 Å². The Morgan fingerprint density at radius 3 is 2.47 bits per heavy atom. The highest BCUT2D eigenvalue weighted by atomic mass is 32.2. The first-order valence-corrected chi connectivity index (χ1v) is 6.77. The van der Waals surface area contributed by atoms with Crippen molar-refractivity contribution in [2.75, 3.05) is 24.7 Å². The monoisotopic (exact) mass is 290 g/mol. The van der Waals surface area contributed by atoms with Crippen LogP contribution in [0, 0.1) is 0 Å². The van der Waals surface area contributed by atoms with Crippen LogP contribution in [0.4, 0.5) is 18.3 Å². The second-order valence-corrected chi connectivity index (χ2v) is 5.88. The smallest absolute Gasteiger partial charge is 0.359 e. The van der Waals surface area contributed by atoms with Gasteiger partial charge in [-0.05, 0) is 7.05 Å². The summed E-state index contributed by atoms with van der Waals surface area (Å²) in [5, 5.41) is 7.50. The Hall–Kier alpha value is -0.940. The molecular weight excluding hydrogens is 281 g/mol. The van der Waals surface area contributed by atoms with E-state index < -0.39 is 21.2 Å². The molecule has 2 N–H and O–H groups in total. The molecule has 1 heterocycles. The van der Waals surface area contributed by atoms with Gasteiger partial charge in [-0.25, -0.2) is 13.1 Å². The van der Waals surface area contributed by atoms with Crippen molar-refractivity contribution in [3.05, 3.63) is 5.01 Å². The largest absolute Gasteiger partial charge is 0.445 e. The molecule has 0 saturated heterocycles. The van der Waals surface area contributed by atoms with Gasteiger partial charge in [-0.1, -0.05) is 11.3 Å². The zero-order chi connectivity index (χ0) is 13.1. The zero-order valence-electron chi connectivity index (χ0n) is 8.58. The van der Waals surface area contributed by atoms with Gasteiger partial charge in [0, 0.05) is 6.54 Å². The van der Waals surface area contributed by atoms with E-state index in [1.807, 2.05) is 0 Å². The molecule has 0 aliphatic rings. The van der Waals surface area contributed by atoms with Gasteiger partial charge in [-0.3, -0.25) is 0 Å². The molecule has 1 rings (SSSR count). The average Bonchev–Trinajstić information content (AvgIpc) is 2.66. The molecule has 0 atom stereocenters. The lowest BCUT2D eigenvalue weighted by Gasteiger charge is -2.02. The number of anilines is 1. The van der Waals surface area contributed by atoms with Crippen LogP contribution in [-0.2, 0) is 16.2 Å². The highest BCUT2D eigenvalue weighted by Crippen LogP contribution is 2.32. The number of sulfonamides is 1. The predicted molar refractivity (Wildman–Crippen MR) is 56.2 cm³/mol. The standard InChI is InChI=1S/C6H9F3N4O2S2/c1-10-17(14,15)3-2-11-5-13-12-4(16-5)6(7,8)9/h10H,2-3H2,1H3,(H,11,13). The first-order valence-electron chi connectivity index (χ1n) is 4.30. The van der Waals surface area contributed by atoms with Gasteiger partial charge in [0.15, 0.2) is 0 Å². The van der Waals surface area contributed by atoms with Crippen LogP contribution in [0.1, 0.15) is 5.01 Å². The molecule has 1 aromatic heterocycles. The fourth-order valence-electron chi connectivity index (χ4n) is 0.804. The van der Waals surface area contributed by atoms with Gasteiger partial charge in [0.2, 0.25) is 20.2 Å². The van der Waals surface area contributed by atoms with Gasteiger partial charge in [-0.2, -0.15) is 13.2 Å². The summed E-state index contributed by atoms with van der Waals surface area (Å²) >= 11 is 0.324. The molecule has 11 heteroatoms. The van der Waals surface area contributed by atoms with Crippen molar-refractivity contribution in [1.29, 1.82) is 0 Å². The highest BCUT2D eigenvalue weighted by Gasteiger charge is 2.35. The average molecular weight is 290 g/mol. The van der Waals surface area contributed by atoms with E-state index in [0.29, 0.717) is 11.3 Å². The number of aromatic nitrogens is 2. The van der Waals surface area contributed by atoms with Crippen LogP contribution < -0.4 is 10.0 Å². The fourth-order valence-corrected chi connectivity index (χ4v) is 2.01. The maximum atomic E-state index is 12.1. The number of hydrogen-bond acceptors (Lipinski definition) is 6.